The number of aromatic nitrogens is 1. The van der Waals surface area contributed by atoms with Crippen molar-refractivity contribution in [2.75, 3.05) is 25.5 Å². The van der Waals surface area contributed by atoms with Crippen LogP contribution >= 0.6 is 0 Å². The summed E-state index contributed by atoms with van der Waals surface area (Å²) in [5.74, 6) is 1.16. The van der Waals surface area contributed by atoms with Gasteiger partial charge in [-0.25, -0.2) is 4.98 Å². The van der Waals surface area contributed by atoms with Crippen LogP contribution in [-0.4, -0.2) is 41.9 Å². The molecule has 1 saturated heterocycles. The Labute approximate surface area is 216 Å². The summed E-state index contributed by atoms with van der Waals surface area (Å²) in [5, 5.41) is 3.03. The second-order valence-corrected chi connectivity index (χ2v) is 9.68. The molecule has 0 saturated carbocycles. The van der Waals surface area contributed by atoms with Gasteiger partial charge in [0.25, 0.3) is 5.91 Å². The molecular weight excluding hydrogens is 466 g/mol. The third-order valence-corrected chi connectivity index (χ3v) is 7.22. The van der Waals surface area contributed by atoms with Gasteiger partial charge in [-0.15, -0.1) is 0 Å². The number of hydrogen-bond donors (Lipinski definition) is 1. The molecule has 3 aromatic carbocycles. The largest absolute Gasteiger partial charge is 0.495 e. The maximum absolute atomic E-state index is 13.2. The van der Waals surface area contributed by atoms with Crippen LogP contribution in [0.2, 0.25) is 0 Å². The summed E-state index contributed by atoms with van der Waals surface area (Å²) in [7, 11) is 1.60. The van der Waals surface area contributed by atoms with Gasteiger partial charge in [0, 0.05) is 30.1 Å². The number of nitrogens with one attached hydrogen (secondary N) is 1. The minimum Gasteiger partial charge on any atom is -0.495 e. The fourth-order valence-corrected chi connectivity index (χ4v) is 4.93. The van der Waals surface area contributed by atoms with Crippen LogP contribution in [0.15, 0.2) is 71.1 Å². The van der Waals surface area contributed by atoms with E-state index in [1.807, 2.05) is 67.3 Å². The number of anilines is 1. The van der Waals surface area contributed by atoms with E-state index in [9.17, 15) is 9.59 Å². The van der Waals surface area contributed by atoms with Crippen molar-refractivity contribution in [3.63, 3.8) is 0 Å². The molecule has 0 bridgehead atoms. The average molecular weight is 498 g/mol. The smallest absolute Gasteiger partial charge is 0.253 e. The number of nitrogens with zero attached hydrogens (tertiary/aromatic N) is 2. The van der Waals surface area contributed by atoms with E-state index in [2.05, 4.69) is 10.3 Å². The maximum Gasteiger partial charge on any atom is 0.253 e. The minimum atomic E-state index is -0.176. The Kier molecular flexibility index (Phi) is 6.95. The number of methoxy groups -OCH3 is 1. The fourth-order valence-electron chi connectivity index (χ4n) is 4.93. The first-order valence-corrected chi connectivity index (χ1v) is 12.6. The Balaban J connectivity index is 1.21. The molecule has 7 heteroatoms. The predicted molar refractivity (Wildman–Crippen MR) is 144 cm³/mol. The lowest BCUT2D eigenvalue weighted by molar-refractivity contribution is -0.121. The number of fused-ring (bicyclic) bond motifs is 1. The number of piperidine rings is 1. The lowest BCUT2D eigenvalue weighted by Gasteiger charge is -2.34. The first kappa shape index (κ1) is 24.6. The van der Waals surface area contributed by atoms with Gasteiger partial charge in [-0.05, 0) is 73.7 Å². The molecule has 1 aliphatic rings. The standard InChI is InChI=1S/C30H31N3O4/c1-19-9-11-26(36-3)24(17-19)31-28(34)20(2)21-13-15-33(16-14-21)30(35)23-10-12-27-25(18-23)32-29(37-27)22-7-5-4-6-8-22/h4-12,17-18,20-21H,13-16H2,1-3H3,(H,31,34)/t20-/m1/s1. The van der Waals surface area contributed by atoms with Crippen molar-refractivity contribution in [3.05, 3.63) is 77.9 Å². The highest BCUT2D eigenvalue weighted by Crippen LogP contribution is 2.30. The Morgan fingerprint density at radius 3 is 2.54 bits per heavy atom. The number of carbonyl (C=O) groups excluding carboxylic acids is 2. The first-order valence-electron chi connectivity index (χ1n) is 12.6. The Morgan fingerprint density at radius 1 is 1.05 bits per heavy atom. The summed E-state index contributed by atoms with van der Waals surface area (Å²) in [6.45, 7) is 5.17. The third-order valence-electron chi connectivity index (χ3n) is 7.22. The van der Waals surface area contributed by atoms with Crippen molar-refractivity contribution in [2.24, 2.45) is 11.8 Å². The number of ether oxygens (including phenoxy) is 1. The lowest BCUT2D eigenvalue weighted by Crippen LogP contribution is -2.41. The van der Waals surface area contributed by atoms with Crippen LogP contribution < -0.4 is 10.1 Å². The fraction of sp³-hybridized carbons (Fsp3) is 0.300. The average Bonchev–Trinajstić information content (AvgIpc) is 3.36. The van der Waals surface area contributed by atoms with Crippen LogP contribution in [0.4, 0.5) is 5.69 Å². The number of amides is 2. The number of hydrogen-bond acceptors (Lipinski definition) is 5. The van der Waals surface area contributed by atoms with Gasteiger partial charge >= 0.3 is 0 Å². The Hall–Kier alpha value is -4.13. The molecule has 1 aliphatic heterocycles. The third kappa shape index (κ3) is 5.21. The maximum atomic E-state index is 13.2. The normalized spacial score (nSPS) is 14.9. The SMILES string of the molecule is COc1ccc(C)cc1NC(=O)[C@H](C)C1CCN(C(=O)c2ccc3oc(-c4ccccc4)nc3c2)CC1. The molecule has 4 aromatic rings. The van der Waals surface area contributed by atoms with E-state index >= 15 is 0 Å². The van der Waals surface area contributed by atoms with Crippen LogP contribution in [-0.2, 0) is 4.79 Å². The minimum absolute atomic E-state index is 0.0220. The first-order chi connectivity index (χ1) is 17.9. The van der Waals surface area contributed by atoms with Crippen molar-refractivity contribution in [3.8, 4) is 17.2 Å². The number of aryl methyl sites for hydroxylation is 1. The van der Waals surface area contributed by atoms with Crippen LogP contribution in [0, 0.1) is 18.8 Å². The Bertz CT molecular complexity index is 1420. The zero-order valence-electron chi connectivity index (χ0n) is 21.4. The molecule has 2 amide bonds. The molecule has 0 unspecified atom stereocenters. The van der Waals surface area contributed by atoms with E-state index in [1.54, 1.807) is 25.3 Å². The van der Waals surface area contributed by atoms with Crippen LogP contribution in [0.1, 0.15) is 35.7 Å². The van der Waals surface area contributed by atoms with Crippen molar-refractivity contribution in [1.29, 1.82) is 0 Å². The molecule has 190 valence electrons. The summed E-state index contributed by atoms with van der Waals surface area (Å²) >= 11 is 0. The van der Waals surface area contributed by atoms with Gasteiger partial charge < -0.3 is 19.4 Å². The predicted octanol–water partition coefficient (Wildman–Crippen LogP) is 5.94. The van der Waals surface area contributed by atoms with Crippen LogP contribution in [0.3, 0.4) is 0 Å². The van der Waals surface area contributed by atoms with Gasteiger partial charge in [0.1, 0.15) is 11.3 Å². The van der Waals surface area contributed by atoms with Gasteiger partial charge in [-0.3, -0.25) is 9.59 Å². The zero-order valence-corrected chi connectivity index (χ0v) is 21.4. The summed E-state index contributed by atoms with van der Waals surface area (Å²) in [4.78, 5) is 32.7. The van der Waals surface area contributed by atoms with Crippen LogP contribution in [0.25, 0.3) is 22.6 Å². The highest BCUT2D eigenvalue weighted by Gasteiger charge is 2.30. The molecule has 1 fully saturated rings. The summed E-state index contributed by atoms with van der Waals surface area (Å²) in [5.41, 5.74) is 4.54. The molecule has 5 rings (SSSR count). The van der Waals surface area contributed by atoms with E-state index < -0.39 is 0 Å². The van der Waals surface area contributed by atoms with E-state index in [0.29, 0.717) is 47.1 Å². The van der Waals surface area contributed by atoms with E-state index in [0.717, 1.165) is 24.0 Å². The quantitative estimate of drug-likeness (QED) is 0.356. The molecule has 0 aliphatic carbocycles. The number of carbonyl (C=O) groups is 2. The highest BCUT2D eigenvalue weighted by atomic mass is 16.5. The van der Waals surface area contributed by atoms with Crippen molar-refractivity contribution in [2.45, 2.75) is 26.7 Å². The molecular formula is C30H31N3O4. The van der Waals surface area contributed by atoms with Crippen molar-refractivity contribution < 1.29 is 18.7 Å². The van der Waals surface area contributed by atoms with Gasteiger partial charge in [0.15, 0.2) is 5.58 Å². The molecule has 2 heterocycles. The highest BCUT2D eigenvalue weighted by molar-refractivity contribution is 5.97. The molecule has 0 radical (unpaired) electrons. The number of benzene rings is 3. The second kappa shape index (κ2) is 10.5. The van der Waals surface area contributed by atoms with E-state index in [4.69, 9.17) is 9.15 Å². The number of rotatable bonds is 6. The zero-order chi connectivity index (χ0) is 25.9. The summed E-state index contributed by atoms with van der Waals surface area (Å²) in [6.07, 6.45) is 1.55. The van der Waals surface area contributed by atoms with E-state index in [-0.39, 0.29) is 23.7 Å². The lowest BCUT2D eigenvalue weighted by atomic mass is 9.84. The molecule has 37 heavy (non-hydrogen) atoms. The topological polar surface area (TPSA) is 84.7 Å². The van der Waals surface area contributed by atoms with Gasteiger partial charge in [0.05, 0.1) is 12.8 Å². The van der Waals surface area contributed by atoms with Crippen molar-refractivity contribution in [1.82, 2.24) is 9.88 Å². The molecule has 1 aromatic heterocycles. The van der Waals surface area contributed by atoms with Crippen molar-refractivity contribution >= 4 is 28.6 Å². The Morgan fingerprint density at radius 2 is 1.81 bits per heavy atom. The van der Waals surface area contributed by atoms with E-state index in [1.165, 1.54) is 0 Å². The van der Waals surface area contributed by atoms with Gasteiger partial charge in [-0.1, -0.05) is 31.2 Å². The molecule has 1 N–H and O–H groups in total. The monoisotopic (exact) mass is 497 g/mol. The number of likely N-dealkylation sites (tertiary alicyclic amines) is 1. The second-order valence-electron chi connectivity index (χ2n) is 9.68. The molecule has 7 nitrogen and oxygen atoms in total. The summed E-state index contributed by atoms with van der Waals surface area (Å²) in [6, 6.07) is 20.8. The molecule has 0 spiro atoms. The molecule has 1 atom stereocenters. The number of oxazole rings is 1. The van der Waals surface area contributed by atoms with Gasteiger partial charge in [0.2, 0.25) is 11.8 Å². The van der Waals surface area contributed by atoms with Gasteiger partial charge in [-0.2, -0.15) is 0 Å². The van der Waals surface area contributed by atoms with Crippen LogP contribution in [0.5, 0.6) is 5.75 Å². The summed E-state index contributed by atoms with van der Waals surface area (Å²) < 4.78 is 11.3.